The Morgan fingerprint density at radius 2 is 1.74 bits per heavy atom. The smallest absolute Gasteiger partial charge is 0.320 e. The lowest BCUT2D eigenvalue weighted by molar-refractivity contribution is 0.0897. The van der Waals surface area contributed by atoms with Gasteiger partial charge in [0.15, 0.2) is 5.78 Å². The minimum Gasteiger partial charge on any atom is -0.325 e. The molecule has 2 aliphatic rings. The number of halogens is 1. The minimum atomic E-state index is -0.394. The number of ketones is 1. The number of hydrogen-bond acceptors (Lipinski definition) is 2. The maximum absolute atomic E-state index is 13.6. The largest absolute Gasteiger partial charge is 0.325 e. The molecule has 2 heterocycles. The van der Waals surface area contributed by atoms with Crippen LogP contribution in [0.5, 0.6) is 0 Å². The van der Waals surface area contributed by atoms with Gasteiger partial charge >= 0.3 is 6.03 Å². The van der Waals surface area contributed by atoms with Crippen LogP contribution in [-0.2, 0) is 6.42 Å². The van der Waals surface area contributed by atoms with Crippen molar-refractivity contribution in [3.8, 4) is 0 Å². The lowest BCUT2D eigenvalue weighted by Gasteiger charge is -2.39. The first kappa shape index (κ1) is 21.5. The monoisotopic (exact) mass is 422 g/mol. The number of piperidine rings is 1. The molecular formula is C26H31FN2O2. The molecule has 0 aliphatic carbocycles. The summed E-state index contributed by atoms with van der Waals surface area (Å²) in [5, 5.41) is 0. The number of carbonyl (C=O) groups excluding carboxylic acids is 2. The van der Waals surface area contributed by atoms with E-state index < -0.39 is 5.82 Å². The highest BCUT2D eigenvalue weighted by molar-refractivity contribution is 5.96. The van der Waals surface area contributed by atoms with E-state index in [0.29, 0.717) is 25.1 Å². The zero-order valence-corrected chi connectivity index (χ0v) is 18.2. The third kappa shape index (κ3) is 5.15. The van der Waals surface area contributed by atoms with Gasteiger partial charge in [0, 0.05) is 44.1 Å². The molecule has 2 atom stereocenters. The molecule has 2 amide bonds. The number of carbonyl (C=O) groups is 2. The van der Waals surface area contributed by atoms with E-state index in [0.717, 1.165) is 38.8 Å². The van der Waals surface area contributed by atoms with Gasteiger partial charge in [-0.2, -0.15) is 0 Å². The van der Waals surface area contributed by atoms with Crippen molar-refractivity contribution in [3.63, 3.8) is 0 Å². The number of nitrogens with zero attached hydrogens (tertiary/aromatic N) is 2. The predicted octanol–water partition coefficient (Wildman–Crippen LogP) is 5.28. The molecule has 5 heteroatoms. The number of amides is 2. The van der Waals surface area contributed by atoms with E-state index in [1.54, 1.807) is 12.1 Å². The van der Waals surface area contributed by atoms with Gasteiger partial charge in [0.05, 0.1) is 0 Å². The highest BCUT2D eigenvalue weighted by atomic mass is 19.1. The fraction of sp³-hybridized carbons (Fsp3) is 0.462. The molecule has 2 saturated heterocycles. The lowest BCUT2D eigenvalue weighted by Crippen LogP contribution is -2.49. The van der Waals surface area contributed by atoms with Crippen LogP contribution in [0.4, 0.5) is 9.18 Å². The van der Waals surface area contributed by atoms with Gasteiger partial charge in [0.1, 0.15) is 5.82 Å². The van der Waals surface area contributed by atoms with E-state index in [-0.39, 0.29) is 23.7 Å². The Bertz CT molecular complexity index is 921. The van der Waals surface area contributed by atoms with Crippen molar-refractivity contribution in [2.75, 3.05) is 26.2 Å². The number of hydrogen-bond donors (Lipinski definition) is 0. The van der Waals surface area contributed by atoms with Crippen LogP contribution in [-0.4, -0.2) is 47.8 Å². The van der Waals surface area contributed by atoms with Gasteiger partial charge in [-0.3, -0.25) is 4.79 Å². The lowest BCUT2D eigenvalue weighted by atomic mass is 9.81. The van der Waals surface area contributed by atoms with Crippen LogP contribution in [0.2, 0.25) is 0 Å². The summed E-state index contributed by atoms with van der Waals surface area (Å²) in [6, 6.07) is 14.6. The average Bonchev–Trinajstić information content (AvgIpc) is 3.33. The molecule has 0 spiro atoms. The zero-order valence-electron chi connectivity index (χ0n) is 18.2. The van der Waals surface area contributed by atoms with Crippen molar-refractivity contribution in [1.82, 2.24) is 9.80 Å². The summed E-state index contributed by atoms with van der Waals surface area (Å²) in [4.78, 5) is 29.9. The van der Waals surface area contributed by atoms with E-state index in [2.05, 4.69) is 31.2 Å². The van der Waals surface area contributed by atoms with Crippen LogP contribution < -0.4 is 0 Å². The Morgan fingerprint density at radius 1 is 1.00 bits per heavy atom. The molecule has 2 fully saturated rings. The summed E-state index contributed by atoms with van der Waals surface area (Å²) < 4.78 is 13.6. The molecule has 0 radical (unpaired) electrons. The molecule has 2 aromatic carbocycles. The second kappa shape index (κ2) is 9.63. The van der Waals surface area contributed by atoms with Crippen LogP contribution in [0.3, 0.4) is 0 Å². The number of aryl methyl sites for hydroxylation is 1. The summed E-state index contributed by atoms with van der Waals surface area (Å²) in [5.41, 5.74) is 2.92. The van der Waals surface area contributed by atoms with Crippen LogP contribution in [0.1, 0.15) is 60.0 Å². The van der Waals surface area contributed by atoms with Gasteiger partial charge in [0.25, 0.3) is 0 Å². The van der Waals surface area contributed by atoms with Crippen LogP contribution in [0.25, 0.3) is 0 Å². The Balaban J connectivity index is 1.53. The summed E-state index contributed by atoms with van der Waals surface area (Å²) in [7, 11) is 0. The van der Waals surface area contributed by atoms with Crippen LogP contribution in [0, 0.1) is 11.7 Å². The maximum Gasteiger partial charge on any atom is 0.320 e. The van der Waals surface area contributed by atoms with Crippen molar-refractivity contribution in [1.29, 1.82) is 0 Å². The van der Waals surface area contributed by atoms with E-state index in [1.165, 1.54) is 23.3 Å². The Kier molecular flexibility index (Phi) is 6.69. The molecule has 2 aromatic rings. The van der Waals surface area contributed by atoms with E-state index in [4.69, 9.17) is 0 Å². The summed E-state index contributed by atoms with van der Waals surface area (Å²) in [6.07, 6.45) is 4.30. The SMILES string of the molecule is CCc1ccc(C2CC(CC(=O)c3cccc(F)c3)CN(C(=O)N3CCCC3)C2)cc1. The maximum atomic E-state index is 13.6. The van der Waals surface area contributed by atoms with Gasteiger partial charge in [-0.05, 0) is 54.9 Å². The third-order valence-corrected chi connectivity index (χ3v) is 6.66. The zero-order chi connectivity index (χ0) is 21.8. The van der Waals surface area contributed by atoms with Crippen molar-refractivity contribution in [2.24, 2.45) is 5.92 Å². The van der Waals surface area contributed by atoms with Gasteiger partial charge in [0.2, 0.25) is 0 Å². The standard InChI is InChI=1S/C26H31FN2O2/c1-2-19-8-10-21(11-9-19)23-14-20(15-25(30)22-6-5-7-24(27)16-22)17-29(18-23)26(31)28-12-3-4-13-28/h5-11,16,20,23H,2-4,12-15,17-18H2,1H3. The topological polar surface area (TPSA) is 40.6 Å². The summed E-state index contributed by atoms with van der Waals surface area (Å²) in [5.74, 6) is -0.183. The molecule has 4 rings (SSSR count). The quantitative estimate of drug-likeness (QED) is 0.615. The number of urea groups is 1. The van der Waals surface area contributed by atoms with Gasteiger partial charge < -0.3 is 9.80 Å². The molecule has 31 heavy (non-hydrogen) atoms. The Morgan fingerprint density at radius 3 is 2.42 bits per heavy atom. The summed E-state index contributed by atoms with van der Waals surface area (Å²) >= 11 is 0. The molecule has 2 unspecified atom stereocenters. The number of rotatable bonds is 5. The van der Waals surface area contributed by atoms with Crippen molar-refractivity contribution in [3.05, 3.63) is 71.0 Å². The second-order valence-corrected chi connectivity index (χ2v) is 8.91. The first-order valence-corrected chi connectivity index (χ1v) is 11.4. The number of benzene rings is 2. The van der Waals surface area contributed by atoms with Crippen molar-refractivity contribution in [2.45, 2.75) is 44.9 Å². The third-order valence-electron chi connectivity index (χ3n) is 6.66. The Labute approximate surface area is 184 Å². The highest BCUT2D eigenvalue weighted by Crippen LogP contribution is 2.33. The molecule has 4 nitrogen and oxygen atoms in total. The normalized spacial score (nSPS) is 21.4. The van der Waals surface area contributed by atoms with Crippen LogP contribution in [0.15, 0.2) is 48.5 Å². The van der Waals surface area contributed by atoms with E-state index in [9.17, 15) is 14.0 Å². The highest BCUT2D eigenvalue weighted by Gasteiger charge is 2.34. The Hall–Kier alpha value is -2.69. The summed E-state index contributed by atoms with van der Waals surface area (Å²) in [6.45, 7) is 5.04. The van der Waals surface area contributed by atoms with Gasteiger partial charge in [-0.1, -0.05) is 43.3 Å². The van der Waals surface area contributed by atoms with Gasteiger partial charge in [-0.25, -0.2) is 9.18 Å². The number of likely N-dealkylation sites (tertiary alicyclic amines) is 2. The second-order valence-electron chi connectivity index (χ2n) is 8.91. The van der Waals surface area contributed by atoms with Crippen LogP contribution >= 0.6 is 0 Å². The van der Waals surface area contributed by atoms with Crippen molar-refractivity contribution >= 4 is 11.8 Å². The molecule has 2 aliphatic heterocycles. The average molecular weight is 423 g/mol. The van der Waals surface area contributed by atoms with Gasteiger partial charge in [-0.15, -0.1) is 0 Å². The minimum absolute atomic E-state index is 0.0555. The molecular weight excluding hydrogens is 391 g/mol. The fourth-order valence-electron chi connectivity index (χ4n) is 4.93. The van der Waals surface area contributed by atoms with E-state index >= 15 is 0 Å². The fourth-order valence-corrected chi connectivity index (χ4v) is 4.93. The molecule has 164 valence electrons. The first-order valence-electron chi connectivity index (χ1n) is 11.4. The molecule has 0 aromatic heterocycles. The first-order chi connectivity index (χ1) is 15.0. The molecule has 0 N–H and O–H groups in total. The predicted molar refractivity (Wildman–Crippen MR) is 120 cm³/mol. The molecule has 0 saturated carbocycles. The van der Waals surface area contributed by atoms with Crippen molar-refractivity contribution < 1.29 is 14.0 Å². The molecule has 0 bridgehead atoms. The number of Topliss-reactive ketones (excluding diaryl/α,β-unsaturated/α-hetero) is 1. The van der Waals surface area contributed by atoms with E-state index in [1.807, 2.05) is 9.80 Å².